The number of hydrogen-bond acceptors (Lipinski definition) is 4. The van der Waals surface area contributed by atoms with Gasteiger partial charge in [-0.25, -0.2) is 0 Å². The number of anilines is 1. The minimum Gasteiger partial charge on any atom is -0.315 e. The average molecular weight is 363 g/mol. The summed E-state index contributed by atoms with van der Waals surface area (Å²) in [5.41, 5.74) is 3.17. The van der Waals surface area contributed by atoms with Crippen molar-refractivity contribution in [1.29, 1.82) is 5.26 Å². The summed E-state index contributed by atoms with van der Waals surface area (Å²) in [4.78, 5) is 28.2. The number of carbonyl (C=O) groups excluding carboxylic acids is 2. The second kappa shape index (κ2) is 6.19. The van der Waals surface area contributed by atoms with Crippen LogP contribution in [0.4, 0.5) is 5.69 Å². The van der Waals surface area contributed by atoms with Crippen LogP contribution in [0.15, 0.2) is 48.5 Å². The standard InChI is InChI=1S/C20H17N3O2S/c1-14(24)23-9-10-26-20(23)17-7-2-3-8-18(17)22(19(20)25)13-16-6-4-5-15(11-16)12-21/h2-8,11H,9-10,13H2,1H3. The van der Waals surface area contributed by atoms with Gasteiger partial charge in [-0.15, -0.1) is 11.8 Å². The normalized spacial score (nSPS) is 21.2. The molecule has 0 N–H and O–H groups in total. The number of amides is 2. The molecule has 2 aliphatic rings. The molecule has 2 heterocycles. The molecule has 1 spiro atoms. The lowest BCUT2D eigenvalue weighted by molar-refractivity contribution is -0.138. The Kier molecular flexibility index (Phi) is 3.97. The Hall–Kier alpha value is -2.78. The van der Waals surface area contributed by atoms with Crippen molar-refractivity contribution in [3.05, 3.63) is 65.2 Å². The highest BCUT2D eigenvalue weighted by atomic mass is 32.2. The van der Waals surface area contributed by atoms with Gasteiger partial charge >= 0.3 is 0 Å². The van der Waals surface area contributed by atoms with Crippen molar-refractivity contribution in [2.75, 3.05) is 17.2 Å². The van der Waals surface area contributed by atoms with E-state index in [9.17, 15) is 9.59 Å². The van der Waals surface area contributed by atoms with E-state index in [1.165, 1.54) is 18.7 Å². The predicted octanol–water partition coefficient (Wildman–Crippen LogP) is 2.85. The first kappa shape index (κ1) is 16.7. The van der Waals surface area contributed by atoms with Crippen LogP contribution in [0, 0.1) is 11.3 Å². The number of rotatable bonds is 2. The third-order valence-corrected chi connectivity index (χ3v) is 6.30. The third-order valence-electron chi connectivity index (χ3n) is 4.88. The number of hydrogen-bond donors (Lipinski definition) is 0. The summed E-state index contributed by atoms with van der Waals surface area (Å²) in [6, 6.07) is 17.1. The molecule has 5 nitrogen and oxygen atoms in total. The van der Waals surface area contributed by atoms with E-state index >= 15 is 0 Å². The van der Waals surface area contributed by atoms with Gasteiger partial charge in [0.05, 0.1) is 23.9 Å². The van der Waals surface area contributed by atoms with Crippen molar-refractivity contribution in [3.8, 4) is 6.07 Å². The Bertz CT molecular complexity index is 952. The summed E-state index contributed by atoms with van der Waals surface area (Å²) >= 11 is 1.52. The zero-order valence-corrected chi connectivity index (χ0v) is 15.1. The molecule has 130 valence electrons. The monoisotopic (exact) mass is 363 g/mol. The van der Waals surface area contributed by atoms with Crippen molar-refractivity contribution >= 4 is 29.3 Å². The van der Waals surface area contributed by atoms with Gasteiger partial charge in [0, 0.05) is 24.8 Å². The fraction of sp³-hybridized carbons (Fsp3) is 0.250. The van der Waals surface area contributed by atoms with Crippen molar-refractivity contribution in [2.24, 2.45) is 0 Å². The van der Waals surface area contributed by atoms with Gasteiger partial charge in [-0.05, 0) is 23.8 Å². The molecule has 1 fully saturated rings. The number of para-hydroxylation sites is 1. The SMILES string of the molecule is CC(=O)N1CCSC12C(=O)N(Cc1cccc(C#N)c1)c1ccccc12. The molecule has 2 aromatic carbocycles. The number of nitriles is 1. The van der Waals surface area contributed by atoms with Crippen LogP contribution in [0.5, 0.6) is 0 Å². The van der Waals surface area contributed by atoms with Gasteiger partial charge in [-0.1, -0.05) is 30.3 Å². The van der Waals surface area contributed by atoms with Gasteiger partial charge in [0.15, 0.2) is 4.87 Å². The number of carbonyl (C=O) groups is 2. The van der Waals surface area contributed by atoms with Crippen LogP contribution >= 0.6 is 11.8 Å². The lowest BCUT2D eigenvalue weighted by Gasteiger charge is -2.32. The molecule has 1 unspecified atom stereocenters. The highest BCUT2D eigenvalue weighted by molar-refractivity contribution is 8.01. The van der Waals surface area contributed by atoms with E-state index < -0.39 is 4.87 Å². The van der Waals surface area contributed by atoms with E-state index in [1.807, 2.05) is 36.4 Å². The summed E-state index contributed by atoms with van der Waals surface area (Å²) in [7, 11) is 0. The highest BCUT2D eigenvalue weighted by Gasteiger charge is 2.58. The Balaban J connectivity index is 1.79. The second-order valence-corrected chi connectivity index (χ2v) is 7.67. The van der Waals surface area contributed by atoms with Crippen molar-refractivity contribution in [1.82, 2.24) is 4.90 Å². The lowest BCUT2D eigenvalue weighted by Crippen LogP contribution is -2.49. The molecule has 0 aromatic heterocycles. The number of benzene rings is 2. The molecule has 0 aliphatic carbocycles. The van der Waals surface area contributed by atoms with E-state index in [0.29, 0.717) is 18.7 Å². The molecule has 0 saturated carbocycles. The summed E-state index contributed by atoms with van der Waals surface area (Å²) < 4.78 is 0. The summed E-state index contributed by atoms with van der Waals surface area (Å²) in [6.45, 7) is 2.46. The highest BCUT2D eigenvalue weighted by Crippen LogP contribution is 2.54. The molecular formula is C20H17N3O2S. The van der Waals surface area contributed by atoms with E-state index in [2.05, 4.69) is 6.07 Å². The molecule has 1 atom stereocenters. The Morgan fingerprint density at radius 1 is 1.27 bits per heavy atom. The molecule has 26 heavy (non-hydrogen) atoms. The van der Waals surface area contributed by atoms with E-state index in [4.69, 9.17) is 5.26 Å². The molecule has 0 radical (unpaired) electrons. The van der Waals surface area contributed by atoms with Crippen LogP contribution < -0.4 is 4.90 Å². The van der Waals surface area contributed by atoms with E-state index in [0.717, 1.165) is 22.6 Å². The topological polar surface area (TPSA) is 64.4 Å². The van der Waals surface area contributed by atoms with Gasteiger partial charge < -0.3 is 9.80 Å². The fourth-order valence-corrected chi connectivity index (χ4v) is 5.29. The van der Waals surface area contributed by atoms with E-state index in [-0.39, 0.29) is 11.8 Å². The summed E-state index contributed by atoms with van der Waals surface area (Å²) in [6.07, 6.45) is 0. The summed E-state index contributed by atoms with van der Waals surface area (Å²) in [5.74, 6) is 0.558. The average Bonchev–Trinajstić information content (AvgIpc) is 3.20. The first-order valence-electron chi connectivity index (χ1n) is 8.40. The molecular weight excluding hydrogens is 346 g/mol. The first-order valence-corrected chi connectivity index (χ1v) is 9.39. The van der Waals surface area contributed by atoms with Crippen LogP contribution in [0.3, 0.4) is 0 Å². The van der Waals surface area contributed by atoms with Gasteiger partial charge in [-0.2, -0.15) is 5.26 Å². The molecule has 2 aromatic rings. The molecule has 1 saturated heterocycles. The van der Waals surface area contributed by atoms with Crippen LogP contribution in [0.2, 0.25) is 0 Å². The van der Waals surface area contributed by atoms with Crippen LogP contribution in [0.25, 0.3) is 0 Å². The number of nitrogens with zero attached hydrogens (tertiary/aromatic N) is 3. The van der Waals surface area contributed by atoms with Crippen molar-refractivity contribution in [2.45, 2.75) is 18.3 Å². The first-order chi connectivity index (χ1) is 12.6. The van der Waals surface area contributed by atoms with Gasteiger partial charge in [0.25, 0.3) is 5.91 Å². The quantitative estimate of drug-likeness (QED) is 0.823. The maximum absolute atomic E-state index is 13.5. The number of fused-ring (bicyclic) bond motifs is 2. The smallest absolute Gasteiger partial charge is 0.268 e. The van der Waals surface area contributed by atoms with Crippen LogP contribution in [-0.2, 0) is 21.0 Å². The minimum atomic E-state index is -0.963. The predicted molar refractivity (Wildman–Crippen MR) is 100 cm³/mol. The van der Waals surface area contributed by atoms with Crippen molar-refractivity contribution < 1.29 is 9.59 Å². The van der Waals surface area contributed by atoms with Gasteiger partial charge in [0.2, 0.25) is 5.91 Å². The molecule has 2 amide bonds. The third kappa shape index (κ3) is 2.31. The maximum Gasteiger partial charge on any atom is 0.268 e. The zero-order valence-electron chi connectivity index (χ0n) is 14.3. The van der Waals surface area contributed by atoms with Crippen molar-refractivity contribution in [3.63, 3.8) is 0 Å². The Labute approximate surface area is 156 Å². The minimum absolute atomic E-state index is 0.0845. The van der Waals surface area contributed by atoms with Gasteiger partial charge in [-0.3, -0.25) is 9.59 Å². The zero-order chi connectivity index (χ0) is 18.3. The molecule has 4 rings (SSSR count). The fourth-order valence-electron chi connectivity index (χ4n) is 3.78. The van der Waals surface area contributed by atoms with Gasteiger partial charge in [0.1, 0.15) is 0 Å². The largest absolute Gasteiger partial charge is 0.315 e. The van der Waals surface area contributed by atoms with Crippen LogP contribution in [-0.4, -0.2) is 29.0 Å². The summed E-state index contributed by atoms with van der Waals surface area (Å²) in [5, 5.41) is 9.12. The molecule has 2 aliphatic heterocycles. The van der Waals surface area contributed by atoms with Crippen LogP contribution in [0.1, 0.15) is 23.6 Å². The van der Waals surface area contributed by atoms with E-state index in [1.54, 1.807) is 21.9 Å². The molecule has 0 bridgehead atoms. The number of thioether (sulfide) groups is 1. The Morgan fingerprint density at radius 2 is 2.08 bits per heavy atom. The Morgan fingerprint density at radius 3 is 2.85 bits per heavy atom. The molecule has 6 heteroatoms. The lowest BCUT2D eigenvalue weighted by atomic mass is 10.1. The maximum atomic E-state index is 13.5. The second-order valence-electron chi connectivity index (χ2n) is 6.38.